The normalized spacial score (nSPS) is 20.2. The van der Waals surface area contributed by atoms with Crippen LogP contribution < -0.4 is 5.43 Å². The highest BCUT2D eigenvalue weighted by Gasteiger charge is 2.38. The standard InChI is InChI=1S/C28H39N5O4/c1-4-32-24(17-22-11-10-21(16-26(22)32)18-29-30-20(3)34)13-12-23-8-6-15-33(23)28(36)25-9-7-14-31(25)19-27(35)37-5-2/h10-11,16-18,23,25H,4-9,12-15,19H2,1-3H3,(H,30,34)/t23-,25+/m0/s1. The lowest BCUT2D eigenvalue weighted by molar-refractivity contribution is -0.146. The number of esters is 1. The fourth-order valence-electron chi connectivity index (χ4n) is 5.79. The summed E-state index contributed by atoms with van der Waals surface area (Å²) in [5.41, 5.74) is 5.78. The quantitative estimate of drug-likeness (QED) is 0.302. The fourth-order valence-corrected chi connectivity index (χ4v) is 5.79. The number of hydrogen-bond donors (Lipinski definition) is 1. The van der Waals surface area contributed by atoms with Crippen LogP contribution in [0.25, 0.3) is 10.9 Å². The van der Waals surface area contributed by atoms with E-state index >= 15 is 0 Å². The highest BCUT2D eigenvalue weighted by Crippen LogP contribution is 2.28. The molecule has 2 atom stereocenters. The van der Waals surface area contributed by atoms with Crippen molar-refractivity contribution in [2.24, 2.45) is 5.10 Å². The van der Waals surface area contributed by atoms with Crippen LogP contribution in [0.3, 0.4) is 0 Å². The van der Waals surface area contributed by atoms with Crippen molar-refractivity contribution in [3.8, 4) is 0 Å². The molecule has 2 amide bonds. The maximum Gasteiger partial charge on any atom is 0.320 e. The van der Waals surface area contributed by atoms with Crippen LogP contribution in [0.1, 0.15) is 64.1 Å². The number of aryl methyl sites for hydroxylation is 2. The highest BCUT2D eigenvalue weighted by molar-refractivity contribution is 5.90. The van der Waals surface area contributed by atoms with E-state index in [0.717, 1.165) is 69.2 Å². The number of nitrogens with zero attached hydrogens (tertiary/aromatic N) is 4. The van der Waals surface area contributed by atoms with E-state index in [1.54, 1.807) is 13.1 Å². The van der Waals surface area contributed by atoms with Gasteiger partial charge >= 0.3 is 5.97 Å². The lowest BCUT2D eigenvalue weighted by Crippen LogP contribution is -2.48. The van der Waals surface area contributed by atoms with Crippen LogP contribution in [-0.2, 0) is 32.1 Å². The zero-order valence-corrected chi connectivity index (χ0v) is 22.2. The van der Waals surface area contributed by atoms with Gasteiger partial charge in [0, 0.05) is 37.3 Å². The number of nitrogens with one attached hydrogen (secondary N) is 1. The minimum absolute atomic E-state index is 0.170. The van der Waals surface area contributed by atoms with Gasteiger partial charge in [0.05, 0.1) is 25.4 Å². The molecule has 200 valence electrons. The average molecular weight is 510 g/mol. The lowest BCUT2D eigenvalue weighted by atomic mass is 10.1. The van der Waals surface area contributed by atoms with E-state index in [1.807, 2.05) is 11.0 Å². The molecule has 1 N–H and O–H groups in total. The first-order chi connectivity index (χ1) is 17.9. The number of hydrazone groups is 1. The third kappa shape index (κ3) is 6.39. The molecule has 2 aliphatic heterocycles. The van der Waals surface area contributed by atoms with Crippen LogP contribution in [0.4, 0.5) is 0 Å². The summed E-state index contributed by atoms with van der Waals surface area (Å²) < 4.78 is 7.44. The third-order valence-electron chi connectivity index (χ3n) is 7.45. The number of likely N-dealkylation sites (tertiary alicyclic amines) is 2. The smallest absolute Gasteiger partial charge is 0.320 e. The molecule has 2 aromatic rings. The van der Waals surface area contributed by atoms with Gasteiger partial charge in [0.15, 0.2) is 0 Å². The third-order valence-corrected chi connectivity index (χ3v) is 7.45. The van der Waals surface area contributed by atoms with Gasteiger partial charge in [-0.05, 0) is 82.0 Å². The Morgan fingerprint density at radius 2 is 1.95 bits per heavy atom. The molecule has 9 nitrogen and oxygen atoms in total. The Morgan fingerprint density at radius 1 is 1.14 bits per heavy atom. The minimum Gasteiger partial charge on any atom is -0.465 e. The van der Waals surface area contributed by atoms with E-state index in [4.69, 9.17) is 4.74 Å². The Labute approximate surface area is 218 Å². The summed E-state index contributed by atoms with van der Waals surface area (Å²) in [5, 5.41) is 5.16. The van der Waals surface area contributed by atoms with Crippen LogP contribution >= 0.6 is 0 Å². The summed E-state index contributed by atoms with van der Waals surface area (Å²) in [6.45, 7) is 8.34. The van der Waals surface area contributed by atoms with Crippen molar-refractivity contribution in [2.75, 3.05) is 26.2 Å². The molecule has 0 spiro atoms. The van der Waals surface area contributed by atoms with E-state index in [9.17, 15) is 14.4 Å². The Bertz CT molecular complexity index is 1160. The summed E-state index contributed by atoms with van der Waals surface area (Å²) >= 11 is 0. The van der Waals surface area contributed by atoms with E-state index in [-0.39, 0.29) is 36.4 Å². The second-order valence-corrected chi connectivity index (χ2v) is 9.92. The topological polar surface area (TPSA) is 96.2 Å². The largest absolute Gasteiger partial charge is 0.465 e. The Kier molecular flexibility index (Phi) is 8.97. The van der Waals surface area contributed by atoms with Gasteiger partial charge in [0.1, 0.15) is 0 Å². The number of fused-ring (bicyclic) bond motifs is 1. The minimum atomic E-state index is -0.253. The van der Waals surface area contributed by atoms with Crippen LogP contribution in [-0.4, -0.2) is 76.7 Å². The van der Waals surface area contributed by atoms with Crippen LogP contribution in [0.15, 0.2) is 29.4 Å². The Balaban J connectivity index is 1.42. The molecule has 1 aromatic heterocycles. The van der Waals surface area contributed by atoms with Gasteiger partial charge in [0.2, 0.25) is 11.8 Å². The van der Waals surface area contributed by atoms with Gasteiger partial charge < -0.3 is 14.2 Å². The first kappa shape index (κ1) is 26.9. The lowest BCUT2D eigenvalue weighted by Gasteiger charge is -2.31. The number of carbonyl (C=O) groups is 3. The number of rotatable bonds is 10. The van der Waals surface area contributed by atoms with Crippen molar-refractivity contribution in [2.45, 2.75) is 77.9 Å². The molecular weight excluding hydrogens is 470 g/mol. The fraction of sp³-hybridized carbons (Fsp3) is 0.571. The maximum absolute atomic E-state index is 13.5. The molecule has 3 heterocycles. The first-order valence-corrected chi connectivity index (χ1v) is 13.5. The van der Waals surface area contributed by atoms with Crippen molar-refractivity contribution in [3.05, 3.63) is 35.5 Å². The summed E-state index contributed by atoms with van der Waals surface area (Å²) in [7, 11) is 0. The summed E-state index contributed by atoms with van der Waals surface area (Å²) in [5.74, 6) is -0.281. The molecule has 37 heavy (non-hydrogen) atoms. The number of hydrogen-bond acceptors (Lipinski definition) is 6. The van der Waals surface area contributed by atoms with Gasteiger partial charge in [-0.2, -0.15) is 5.10 Å². The van der Waals surface area contributed by atoms with Gasteiger partial charge in [-0.15, -0.1) is 0 Å². The molecule has 2 aliphatic rings. The molecule has 2 fully saturated rings. The number of ether oxygens (including phenoxy) is 1. The summed E-state index contributed by atoms with van der Waals surface area (Å²) in [6.07, 6.45) is 7.25. The second-order valence-electron chi connectivity index (χ2n) is 9.92. The number of benzene rings is 1. The van der Waals surface area contributed by atoms with E-state index in [0.29, 0.717) is 6.61 Å². The second kappa shape index (κ2) is 12.4. The van der Waals surface area contributed by atoms with Crippen molar-refractivity contribution >= 4 is 34.9 Å². The molecule has 9 heteroatoms. The Hall–Kier alpha value is -3.20. The van der Waals surface area contributed by atoms with E-state index < -0.39 is 0 Å². The molecule has 2 saturated heterocycles. The molecule has 0 radical (unpaired) electrons. The molecular formula is C28H39N5O4. The maximum atomic E-state index is 13.5. The van der Waals surface area contributed by atoms with Crippen molar-refractivity contribution in [3.63, 3.8) is 0 Å². The molecule has 0 saturated carbocycles. The zero-order chi connectivity index (χ0) is 26.4. The SMILES string of the molecule is CCOC(=O)CN1CCC[C@@H]1C(=O)N1CCC[C@H]1CCc1cc2ccc(C=NNC(C)=O)cc2n1CC. The number of amides is 2. The van der Waals surface area contributed by atoms with Crippen molar-refractivity contribution in [1.29, 1.82) is 0 Å². The highest BCUT2D eigenvalue weighted by atomic mass is 16.5. The molecule has 1 aromatic carbocycles. The number of carbonyl (C=O) groups excluding carboxylic acids is 3. The first-order valence-electron chi connectivity index (χ1n) is 13.5. The summed E-state index contributed by atoms with van der Waals surface area (Å²) in [6, 6.07) is 8.43. The van der Waals surface area contributed by atoms with Gasteiger partial charge in [0.25, 0.3) is 0 Å². The molecule has 0 aliphatic carbocycles. The van der Waals surface area contributed by atoms with Gasteiger partial charge in [-0.1, -0.05) is 12.1 Å². The van der Waals surface area contributed by atoms with Crippen LogP contribution in [0.2, 0.25) is 0 Å². The molecule has 0 bridgehead atoms. The van der Waals surface area contributed by atoms with Gasteiger partial charge in [-0.3, -0.25) is 19.3 Å². The van der Waals surface area contributed by atoms with E-state index in [2.05, 4.69) is 45.1 Å². The molecule has 0 unspecified atom stereocenters. The van der Waals surface area contributed by atoms with Gasteiger partial charge in [-0.25, -0.2) is 5.43 Å². The van der Waals surface area contributed by atoms with E-state index in [1.165, 1.54) is 18.0 Å². The van der Waals surface area contributed by atoms with Crippen molar-refractivity contribution < 1.29 is 19.1 Å². The monoisotopic (exact) mass is 509 g/mol. The molecule has 4 rings (SSSR count). The van der Waals surface area contributed by atoms with Crippen LogP contribution in [0.5, 0.6) is 0 Å². The predicted molar refractivity (Wildman–Crippen MR) is 143 cm³/mol. The predicted octanol–water partition coefficient (Wildman–Crippen LogP) is 3.08. The Morgan fingerprint density at radius 3 is 2.70 bits per heavy atom. The number of aromatic nitrogens is 1. The zero-order valence-electron chi connectivity index (χ0n) is 22.2. The van der Waals surface area contributed by atoms with Crippen molar-refractivity contribution in [1.82, 2.24) is 19.8 Å². The summed E-state index contributed by atoms with van der Waals surface area (Å²) in [4.78, 5) is 40.7. The average Bonchev–Trinajstić information content (AvgIpc) is 3.60. The van der Waals surface area contributed by atoms with Crippen LogP contribution in [0, 0.1) is 0 Å².